The first-order valence-electron chi connectivity index (χ1n) is 5.76. The number of hydrogen-bond acceptors (Lipinski definition) is 4. The van der Waals surface area contributed by atoms with Gasteiger partial charge in [-0.3, -0.25) is 0 Å². The Morgan fingerprint density at radius 2 is 2.00 bits per heavy atom. The Balaban J connectivity index is 2.37. The van der Waals surface area contributed by atoms with Crippen molar-refractivity contribution in [3.8, 4) is 0 Å². The maximum absolute atomic E-state index is 11.2. The second-order valence-corrected chi connectivity index (χ2v) is 6.00. The molecule has 0 aliphatic heterocycles. The fourth-order valence-electron chi connectivity index (χ4n) is 1.54. The largest absolute Gasteiger partial charge is 0.380 e. The molecule has 0 aliphatic carbocycles. The van der Waals surface area contributed by atoms with E-state index in [9.17, 15) is 8.42 Å². The second-order valence-electron chi connectivity index (χ2n) is 3.95. The SMILES string of the molecule is CNS(=O)(=O)CCNCc1cccc(COC)c1. The molecule has 5 nitrogen and oxygen atoms in total. The molecule has 0 fully saturated rings. The van der Waals surface area contributed by atoms with Crippen molar-refractivity contribution >= 4 is 10.0 Å². The molecule has 0 saturated heterocycles. The first-order valence-corrected chi connectivity index (χ1v) is 7.41. The predicted octanol–water partition coefficient (Wildman–Crippen LogP) is 0.472. The molecule has 0 aliphatic rings. The lowest BCUT2D eigenvalue weighted by Crippen LogP contribution is -2.29. The summed E-state index contributed by atoms with van der Waals surface area (Å²) in [4.78, 5) is 0. The lowest BCUT2D eigenvalue weighted by Gasteiger charge is -2.07. The van der Waals surface area contributed by atoms with Crippen LogP contribution < -0.4 is 10.0 Å². The third-order valence-electron chi connectivity index (χ3n) is 2.49. The van der Waals surface area contributed by atoms with E-state index < -0.39 is 10.0 Å². The molecular formula is C12H20N2O3S. The van der Waals surface area contributed by atoms with Gasteiger partial charge >= 0.3 is 0 Å². The Morgan fingerprint density at radius 3 is 2.67 bits per heavy atom. The van der Waals surface area contributed by atoms with Gasteiger partial charge in [-0.25, -0.2) is 13.1 Å². The van der Waals surface area contributed by atoms with Crippen LogP contribution in [-0.4, -0.2) is 34.9 Å². The molecule has 2 N–H and O–H groups in total. The zero-order valence-electron chi connectivity index (χ0n) is 10.8. The minimum Gasteiger partial charge on any atom is -0.380 e. The van der Waals surface area contributed by atoms with Gasteiger partial charge in [0.1, 0.15) is 0 Å². The van der Waals surface area contributed by atoms with Crippen LogP contribution in [0.1, 0.15) is 11.1 Å². The molecule has 0 saturated carbocycles. The van der Waals surface area contributed by atoms with Crippen LogP contribution in [0.3, 0.4) is 0 Å². The summed E-state index contributed by atoms with van der Waals surface area (Å²) in [6.45, 7) is 1.66. The molecule has 0 amide bonds. The van der Waals surface area contributed by atoms with Gasteiger partial charge in [0.15, 0.2) is 0 Å². The van der Waals surface area contributed by atoms with Gasteiger partial charge < -0.3 is 10.1 Å². The molecule has 0 bridgehead atoms. The van der Waals surface area contributed by atoms with E-state index in [4.69, 9.17) is 4.74 Å². The van der Waals surface area contributed by atoms with E-state index in [0.29, 0.717) is 19.7 Å². The van der Waals surface area contributed by atoms with E-state index in [2.05, 4.69) is 10.0 Å². The molecule has 18 heavy (non-hydrogen) atoms. The summed E-state index contributed by atoms with van der Waals surface area (Å²) in [5, 5.41) is 3.10. The van der Waals surface area contributed by atoms with Gasteiger partial charge in [0, 0.05) is 20.2 Å². The summed E-state index contributed by atoms with van der Waals surface area (Å²) in [5.41, 5.74) is 2.23. The average Bonchev–Trinajstić information content (AvgIpc) is 2.36. The van der Waals surface area contributed by atoms with E-state index in [1.54, 1.807) is 7.11 Å². The Bertz CT molecular complexity index is 460. The number of sulfonamides is 1. The van der Waals surface area contributed by atoms with Crippen LogP contribution in [0.5, 0.6) is 0 Å². The average molecular weight is 272 g/mol. The van der Waals surface area contributed by atoms with Gasteiger partial charge in [0.05, 0.1) is 12.4 Å². The van der Waals surface area contributed by atoms with E-state index in [-0.39, 0.29) is 5.75 Å². The highest BCUT2D eigenvalue weighted by atomic mass is 32.2. The normalized spacial score (nSPS) is 11.7. The highest BCUT2D eigenvalue weighted by Gasteiger charge is 2.05. The fourth-order valence-corrected chi connectivity index (χ4v) is 2.15. The molecule has 102 valence electrons. The molecule has 0 spiro atoms. The van der Waals surface area contributed by atoms with Crippen molar-refractivity contribution in [2.24, 2.45) is 0 Å². The van der Waals surface area contributed by atoms with Crippen molar-refractivity contribution in [3.05, 3.63) is 35.4 Å². The Labute approximate surface area is 109 Å². The Morgan fingerprint density at radius 1 is 1.28 bits per heavy atom. The first-order chi connectivity index (χ1) is 8.57. The van der Waals surface area contributed by atoms with Crippen molar-refractivity contribution < 1.29 is 13.2 Å². The van der Waals surface area contributed by atoms with Gasteiger partial charge in [0.2, 0.25) is 10.0 Å². The lowest BCUT2D eigenvalue weighted by atomic mass is 10.1. The molecule has 0 heterocycles. The summed E-state index contributed by atoms with van der Waals surface area (Å²) in [6, 6.07) is 8.01. The Hall–Kier alpha value is -0.950. The van der Waals surface area contributed by atoms with E-state index in [1.807, 2.05) is 24.3 Å². The van der Waals surface area contributed by atoms with E-state index in [0.717, 1.165) is 11.1 Å². The van der Waals surface area contributed by atoms with E-state index >= 15 is 0 Å². The van der Waals surface area contributed by atoms with Gasteiger partial charge in [-0.05, 0) is 18.2 Å². The number of methoxy groups -OCH3 is 1. The topological polar surface area (TPSA) is 67.4 Å². The first kappa shape index (κ1) is 15.1. The van der Waals surface area contributed by atoms with Crippen LogP contribution in [0.4, 0.5) is 0 Å². The van der Waals surface area contributed by atoms with Gasteiger partial charge in [0.25, 0.3) is 0 Å². The third kappa shape index (κ3) is 5.59. The quantitative estimate of drug-likeness (QED) is 0.675. The molecule has 0 unspecified atom stereocenters. The summed E-state index contributed by atoms with van der Waals surface area (Å²) in [7, 11) is -0.0428. The predicted molar refractivity (Wildman–Crippen MR) is 71.7 cm³/mol. The van der Waals surface area contributed by atoms with Crippen LogP contribution in [0.15, 0.2) is 24.3 Å². The number of nitrogens with one attached hydrogen (secondary N) is 2. The van der Waals surface area contributed by atoms with E-state index in [1.165, 1.54) is 7.05 Å². The summed E-state index contributed by atoms with van der Waals surface area (Å²) < 4.78 is 29.7. The van der Waals surface area contributed by atoms with Gasteiger partial charge in [-0.2, -0.15) is 0 Å². The summed E-state index contributed by atoms with van der Waals surface area (Å²) in [6.07, 6.45) is 0. The standard InChI is InChI=1S/C12H20N2O3S/c1-13-18(15,16)7-6-14-9-11-4-3-5-12(8-11)10-17-2/h3-5,8,13-14H,6-7,9-10H2,1-2H3. The number of ether oxygens (including phenoxy) is 1. The molecule has 0 atom stereocenters. The van der Waals surface area contributed by atoms with Crippen LogP contribution >= 0.6 is 0 Å². The number of benzene rings is 1. The highest BCUT2D eigenvalue weighted by Crippen LogP contribution is 2.05. The molecule has 1 aromatic rings. The van der Waals surface area contributed by atoms with Gasteiger partial charge in [-0.15, -0.1) is 0 Å². The zero-order chi connectivity index (χ0) is 13.4. The molecule has 1 rings (SSSR count). The summed E-state index contributed by atoms with van der Waals surface area (Å²) in [5.74, 6) is 0.0846. The molecular weight excluding hydrogens is 252 g/mol. The summed E-state index contributed by atoms with van der Waals surface area (Å²) >= 11 is 0. The van der Waals surface area contributed by atoms with Crippen molar-refractivity contribution in [3.63, 3.8) is 0 Å². The second kappa shape index (κ2) is 7.48. The fraction of sp³-hybridized carbons (Fsp3) is 0.500. The molecule has 1 aromatic carbocycles. The lowest BCUT2D eigenvalue weighted by molar-refractivity contribution is 0.185. The van der Waals surface area contributed by atoms with Crippen molar-refractivity contribution in [2.45, 2.75) is 13.2 Å². The number of rotatable bonds is 8. The third-order valence-corrected chi connectivity index (χ3v) is 3.85. The minimum absolute atomic E-state index is 0.0846. The zero-order valence-corrected chi connectivity index (χ0v) is 11.6. The van der Waals surface area contributed by atoms with Crippen molar-refractivity contribution in [1.82, 2.24) is 10.0 Å². The van der Waals surface area contributed by atoms with Crippen molar-refractivity contribution in [2.75, 3.05) is 26.5 Å². The highest BCUT2D eigenvalue weighted by molar-refractivity contribution is 7.89. The maximum Gasteiger partial charge on any atom is 0.212 e. The minimum atomic E-state index is -3.12. The molecule has 0 aromatic heterocycles. The van der Waals surface area contributed by atoms with Crippen molar-refractivity contribution in [1.29, 1.82) is 0 Å². The van der Waals surface area contributed by atoms with Crippen LogP contribution in [0.25, 0.3) is 0 Å². The number of hydrogen-bond donors (Lipinski definition) is 2. The maximum atomic E-state index is 11.2. The Kier molecular flexibility index (Phi) is 6.28. The van der Waals surface area contributed by atoms with Crippen LogP contribution in [0.2, 0.25) is 0 Å². The molecule has 0 radical (unpaired) electrons. The van der Waals surface area contributed by atoms with Gasteiger partial charge in [-0.1, -0.05) is 24.3 Å². The van der Waals surface area contributed by atoms with Crippen LogP contribution in [0, 0.1) is 0 Å². The monoisotopic (exact) mass is 272 g/mol. The smallest absolute Gasteiger partial charge is 0.212 e. The molecule has 6 heteroatoms. The van der Waals surface area contributed by atoms with Crippen LogP contribution in [-0.2, 0) is 27.9 Å².